The Labute approximate surface area is 148 Å². The zero-order valence-corrected chi connectivity index (χ0v) is 14.5. The highest BCUT2D eigenvalue weighted by molar-refractivity contribution is 7.89. The summed E-state index contributed by atoms with van der Waals surface area (Å²) in [6.45, 7) is 1.67. The number of benzene rings is 1. The van der Waals surface area contributed by atoms with Crippen molar-refractivity contribution >= 4 is 27.0 Å². The Morgan fingerprint density at radius 3 is 2.88 bits per heavy atom. The SMILES string of the molecule is C[C@@H](NS(=O)(=O)c1ccc2[nH]c(=O)oc2c1)C(=O)NCc1cccnc1. The van der Waals surface area contributed by atoms with E-state index in [2.05, 4.69) is 20.0 Å². The van der Waals surface area contributed by atoms with Crippen molar-refractivity contribution in [1.29, 1.82) is 0 Å². The Balaban J connectivity index is 1.68. The topological polar surface area (TPSA) is 134 Å². The molecule has 0 spiro atoms. The van der Waals surface area contributed by atoms with E-state index < -0.39 is 27.7 Å². The number of aromatic amines is 1. The van der Waals surface area contributed by atoms with Gasteiger partial charge in [-0.1, -0.05) is 6.07 Å². The predicted octanol–water partition coefficient (Wildman–Crippen LogP) is 0.499. The van der Waals surface area contributed by atoms with Crippen LogP contribution in [0, 0.1) is 0 Å². The molecule has 3 aromatic rings. The second-order valence-electron chi connectivity index (χ2n) is 5.59. The summed E-state index contributed by atoms with van der Waals surface area (Å²) in [4.78, 5) is 29.5. The van der Waals surface area contributed by atoms with Gasteiger partial charge in [-0.15, -0.1) is 0 Å². The number of carbonyl (C=O) groups is 1. The Hall–Kier alpha value is -2.98. The summed E-state index contributed by atoms with van der Waals surface area (Å²) in [5.74, 6) is -1.16. The van der Waals surface area contributed by atoms with E-state index in [9.17, 15) is 18.0 Å². The molecule has 3 rings (SSSR count). The first kappa shape index (κ1) is 17.8. The quantitative estimate of drug-likeness (QED) is 0.573. The molecule has 0 aliphatic rings. The fourth-order valence-electron chi connectivity index (χ4n) is 2.29. The third-order valence-electron chi connectivity index (χ3n) is 3.62. The second-order valence-corrected chi connectivity index (χ2v) is 7.31. The molecular weight excluding hydrogens is 360 g/mol. The highest BCUT2D eigenvalue weighted by Crippen LogP contribution is 2.16. The standard InChI is InChI=1S/C16H16N4O5S/c1-10(15(21)18-9-11-3-2-6-17-8-11)20-26(23,24)12-4-5-13-14(7-12)25-16(22)19-13/h2-8,10,20H,9H2,1H3,(H,18,21)(H,19,22)/t10-/m1/s1. The molecule has 1 aromatic carbocycles. The summed E-state index contributed by atoms with van der Waals surface area (Å²) in [6, 6.07) is 6.49. The van der Waals surface area contributed by atoms with Crippen molar-refractivity contribution in [1.82, 2.24) is 20.0 Å². The van der Waals surface area contributed by atoms with Crippen molar-refractivity contribution in [2.24, 2.45) is 0 Å². The van der Waals surface area contributed by atoms with Crippen LogP contribution in [0.3, 0.4) is 0 Å². The molecule has 0 saturated heterocycles. The summed E-state index contributed by atoms with van der Waals surface area (Å²) < 4.78 is 32.0. The first-order valence-electron chi connectivity index (χ1n) is 7.67. The van der Waals surface area contributed by atoms with Crippen LogP contribution < -0.4 is 15.8 Å². The largest absolute Gasteiger partial charge is 0.417 e. The number of aromatic nitrogens is 2. The normalized spacial score (nSPS) is 12.8. The van der Waals surface area contributed by atoms with E-state index in [4.69, 9.17) is 4.42 Å². The number of nitrogens with one attached hydrogen (secondary N) is 3. The van der Waals surface area contributed by atoms with Crippen LogP contribution in [-0.4, -0.2) is 30.3 Å². The maximum absolute atomic E-state index is 12.4. The monoisotopic (exact) mass is 376 g/mol. The first-order chi connectivity index (χ1) is 12.3. The molecule has 0 aliphatic heterocycles. The molecule has 0 fully saturated rings. The summed E-state index contributed by atoms with van der Waals surface area (Å²) in [7, 11) is -3.97. The molecule has 26 heavy (non-hydrogen) atoms. The number of carbonyl (C=O) groups excluding carboxylic acids is 1. The van der Waals surface area contributed by atoms with Gasteiger partial charge >= 0.3 is 5.76 Å². The van der Waals surface area contributed by atoms with Crippen LogP contribution in [0.25, 0.3) is 11.1 Å². The van der Waals surface area contributed by atoms with Gasteiger partial charge in [0.15, 0.2) is 5.58 Å². The van der Waals surface area contributed by atoms with Crippen molar-refractivity contribution in [2.45, 2.75) is 24.4 Å². The van der Waals surface area contributed by atoms with Crippen molar-refractivity contribution < 1.29 is 17.6 Å². The number of rotatable bonds is 6. The number of sulfonamides is 1. The van der Waals surface area contributed by atoms with Crippen molar-refractivity contribution in [2.75, 3.05) is 0 Å². The lowest BCUT2D eigenvalue weighted by Gasteiger charge is -2.14. The molecular formula is C16H16N4O5S. The van der Waals surface area contributed by atoms with E-state index in [0.717, 1.165) is 5.56 Å². The van der Waals surface area contributed by atoms with E-state index in [0.29, 0.717) is 5.52 Å². The number of pyridine rings is 1. The molecule has 0 unspecified atom stereocenters. The van der Waals surface area contributed by atoms with Gasteiger partial charge in [-0.2, -0.15) is 4.72 Å². The number of nitrogens with zero attached hydrogens (tertiary/aromatic N) is 1. The summed E-state index contributed by atoms with van der Waals surface area (Å²) >= 11 is 0. The lowest BCUT2D eigenvalue weighted by molar-refractivity contribution is -0.122. The van der Waals surface area contributed by atoms with Gasteiger partial charge < -0.3 is 9.73 Å². The average molecular weight is 376 g/mol. The molecule has 136 valence electrons. The minimum Gasteiger partial charge on any atom is -0.408 e. The Bertz CT molecular complexity index is 1090. The highest BCUT2D eigenvalue weighted by Gasteiger charge is 2.22. The molecule has 0 aliphatic carbocycles. The van der Waals surface area contributed by atoms with Gasteiger partial charge in [0.25, 0.3) is 0 Å². The molecule has 1 amide bonds. The van der Waals surface area contributed by atoms with Crippen LogP contribution in [0.5, 0.6) is 0 Å². The van der Waals surface area contributed by atoms with Gasteiger partial charge in [-0.3, -0.25) is 14.8 Å². The second kappa shape index (κ2) is 7.10. The number of fused-ring (bicyclic) bond motifs is 1. The van der Waals surface area contributed by atoms with E-state index >= 15 is 0 Å². The Morgan fingerprint density at radius 2 is 2.15 bits per heavy atom. The molecule has 0 bridgehead atoms. The Kier molecular flexibility index (Phi) is 4.87. The Morgan fingerprint density at radius 1 is 1.35 bits per heavy atom. The minimum atomic E-state index is -3.97. The summed E-state index contributed by atoms with van der Waals surface area (Å²) in [5.41, 5.74) is 1.30. The lowest BCUT2D eigenvalue weighted by Crippen LogP contribution is -2.44. The third-order valence-corrected chi connectivity index (χ3v) is 5.16. The molecule has 0 saturated carbocycles. The average Bonchev–Trinajstić information content (AvgIpc) is 2.99. The van der Waals surface area contributed by atoms with E-state index in [1.807, 2.05) is 0 Å². The fourth-order valence-corrected chi connectivity index (χ4v) is 3.51. The number of oxazole rings is 1. The zero-order valence-electron chi connectivity index (χ0n) is 13.7. The molecule has 2 heterocycles. The molecule has 3 N–H and O–H groups in total. The molecule has 2 aromatic heterocycles. The smallest absolute Gasteiger partial charge is 0.408 e. The molecule has 1 atom stereocenters. The van der Waals surface area contributed by atoms with Crippen molar-refractivity contribution in [3.8, 4) is 0 Å². The highest BCUT2D eigenvalue weighted by atomic mass is 32.2. The molecule has 10 heteroatoms. The van der Waals surface area contributed by atoms with Gasteiger partial charge in [0.2, 0.25) is 15.9 Å². The van der Waals surface area contributed by atoms with Crippen LogP contribution in [-0.2, 0) is 21.4 Å². The number of hydrogen-bond acceptors (Lipinski definition) is 6. The van der Waals surface area contributed by atoms with E-state index in [-0.39, 0.29) is 17.0 Å². The summed E-state index contributed by atoms with van der Waals surface area (Å²) in [5, 5.41) is 2.64. The van der Waals surface area contributed by atoms with E-state index in [1.165, 1.54) is 25.1 Å². The minimum absolute atomic E-state index is 0.111. The maximum atomic E-state index is 12.4. The van der Waals surface area contributed by atoms with Gasteiger partial charge in [-0.05, 0) is 30.7 Å². The van der Waals surface area contributed by atoms with Crippen LogP contribution in [0.4, 0.5) is 0 Å². The molecule has 0 radical (unpaired) electrons. The summed E-state index contributed by atoms with van der Waals surface area (Å²) in [6.07, 6.45) is 3.22. The van der Waals surface area contributed by atoms with Crippen molar-refractivity contribution in [3.05, 3.63) is 58.8 Å². The zero-order chi connectivity index (χ0) is 18.7. The van der Waals surface area contributed by atoms with Crippen LogP contribution >= 0.6 is 0 Å². The van der Waals surface area contributed by atoms with Gasteiger partial charge in [0.05, 0.1) is 16.5 Å². The van der Waals surface area contributed by atoms with Gasteiger partial charge in [0.1, 0.15) is 0 Å². The number of H-pyrrole nitrogens is 1. The fraction of sp³-hybridized carbons (Fsp3) is 0.188. The number of amides is 1. The van der Waals surface area contributed by atoms with Gasteiger partial charge in [0, 0.05) is 25.0 Å². The van der Waals surface area contributed by atoms with Crippen LogP contribution in [0.2, 0.25) is 0 Å². The first-order valence-corrected chi connectivity index (χ1v) is 9.15. The van der Waals surface area contributed by atoms with Crippen LogP contribution in [0.15, 0.2) is 56.8 Å². The molecule has 9 nitrogen and oxygen atoms in total. The maximum Gasteiger partial charge on any atom is 0.417 e. The van der Waals surface area contributed by atoms with E-state index in [1.54, 1.807) is 24.5 Å². The van der Waals surface area contributed by atoms with Crippen LogP contribution in [0.1, 0.15) is 12.5 Å². The third kappa shape index (κ3) is 3.98. The lowest BCUT2D eigenvalue weighted by atomic mass is 10.2. The number of hydrogen-bond donors (Lipinski definition) is 3. The van der Waals surface area contributed by atoms with Crippen molar-refractivity contribution in [3.63, 3.8) is 0 Å². The van der Waals surface area contributed by atoms with Gasteiger partial charge in [-0.25, -0.2) is 13.2 Å². The predicted molar refractivity (Wildman–Crippen MR) is 92.7 cm³/mol.